The van der Waals surface area contributed by atoms with E-state index in [2.05, 4.69) is 46.4 Å². The van der Waals surface area contributed by atoms with Crippen molar-refractivity contribution in [2.24, 2.45) is 0 Å². The van der Waals surface area contributed by atoms with E-state index in [1.807, 2.05) is 0 Å². The van der Waals surface area contributed by atoms with Crippen LogP contribution in [-0.4, -0.2) is 9.97 Å². The highest BCUT2D eigenvalue weighted by Gasteiger charge is 2.20. The van der Waals surface area contributed by atoms with Crippen molar-refractivity contribution in [1.82, 2.24) is 9.97 Å². The third-order valence-electron chi connectivity index (χ3n) is 3.42. The summed E-state index contributed by atoms with van der Waals surface area (Å²) in [5, 5.41) is 0. The molecule has 1 aromatic heterocycles. The molecule has 0 spiro atoms. The second kappa shape index (κ2) is 3.14. The maximum atomic E-state index is 4.47. The fraction of sp³-hybridized carbons (Fsp3) is 0.0667. The summed E-state index contributed by atoms with van der Waals surface area (Å²) in [5.74, 6) is 0. The van der Waals surface area contributed by atoms with Crippen LogP contribution in [0.4, 0.5) is 0 Å². The summed E-state index contributed by atoms with van der Waals surface area (Å²) >= 11 is 0. The van der Waals surface area contributed by atoms with E-state index in [-0.39, 0.29) is 0 Å². The Morgan fingerprint density at radius 3 is 2.71 bits per heavy atom. The molecule has 2 heteroatoms. The zero-order valence-corrected chi connectivity index (χ0v) is 9.22. The fourth-order valence-corrected chi connectivity index (χ4v) is 2.65. The van der Waals surface area contributed by atoms with E-state index in [0.29, 0.717) is 0 Å². The molecule has 0 N–H and O–H groups in total. The van der Waals surface area contributed by atoms with Crippen molar-refractivity contribution < 1.29 is 0 Å². The zero-order valence-electron chi connectivity index (χ0n) is 9.22. The quantitative estimate of drug-likeness (QED) is 0.453. The first-order chi connectivity index (χ1) is 8.43. The largest absolute Gasteiger partial charge is 0.253 e. The Hall–Kier alpha value is -2.22. The van der Waals surface area contributed by atoms with Crippen LogP contribution in [0.15, 0.2) is 48.8 Å². The van der Waals surface area contributed by atoms with Gasteiger partial charge in [-0.2, -0.15) is 0 Å². The van der Waals surface area contributed by atoms with Gasteiger partial charge in [0.2, 0.25) is 0 Å². The molecule has 0 aliphatic heterocycles. The van der Waals surface area contributed by atoms with Gasteiger partial charge in [0.15, 0.2) is 0 Å². The van der Waals surface area contributed by atoms with E-state index in [1.54, 1.807) is 12.4 Å². The number of benzene rings is 2. The monoisotopic (exact) mass is 218 g/mol. The Labute approximate surface area is 99.0 Å². The van der Waals surface area contributed by atoms with Crippen molar-refractivity contribution >= 4 is 11.0 Å². The van der Waals surface area contributed by atoms with Gasteiger partial charge in [-0.25, -0.2) is 0 Å². The first kappa shape index (κ1) is 8.88. The van der Waals surface area contributed by atoms with Gasteiger partial charge in [0.1, 0.15) is 0 Å². The van der Waals surface area contributed by atoms with Gasteiger partial charge in [0.25, 0.3) is 0 Å². The summed E-state index contributed by atoms with van der Waals surface area (Å²) in [5.41, 5.74) is 7.39. The van der Waals surface area contributed by atoms with Gasteiger partial charge >= 0.3 is 0 Å². The summed E-state index contributed by atoms with van der Waals surface area (Å²) in [7, 11) is 0. The molecule has 4 rings (SSSR count). The maximum Gasteiger partial charge on any atom is 0.0928 e. The summed E-state index contributed by atoms with van der Waals surface area (Å²) in [6.07, 6.45) is 4.49. The fourth-order valence-electron chi connectivity index (χ4n) is 2.65. The normalized spacial score (nSPS) is 12.5. The van der Waals surface area contributed by atoms with Crippen LogP contribution in [0.5, 0.6) is 0 Å². The van der Waals surface area contributed by atoms with Crippen LogP contribution in [0, 0.1) is 0 Å². The van der Waals surface area contributed by atoms with Crippen LogP contribution in [0.3, 0.4) is 0 Å². The van der Waals surface area contributed by atoms with Crippen LogP contribution in [-0.2, 0) is 6.42 Å². The molecule has 17 heavy (non-hydrogen) atoms. The van der Waals surface area contributed by atoms with Crippen molar-refractivity contribution in [2.75, 3.05) is 0 Å². The lowest BCUT2D eigenvalue weighted by Crippen LogP contribution is -1.89. The molecule has 0 radical (unpaired) electrons. The number of nitrogens with zero attached hydrogens (tertiary/aromatic N) is 2. The van der Waals surface area contributed by atoms with Crippen LogP contribution >= 0.6 is 0 Å². The second-order valence-electron chi connectivity index (χ2n) is 4.35. The van der Waals surface area contributed by atoms with Gasteiger partial charge < -0.3 is 0 Å². The Morgan fingerprint density at radius 1 is 0.824 bits per heavy atom. The molecule has 0 amide bonds. The molecule has 0 atom stereocenters. The van der Waals surface area contributed by atoms with Gasteiger partial charge in [0.05, 0.1) is 11.0 Å². The zero-order chi connectivity index (χ0) is 11.2. The SMILES string of the molecule is c1ccc2c(c1)Cc1c-2ccc2nccnc12. The van der Waals surface area contributed by atoms with Gasteiger partial charge in [0, 0.05) is 18.8 Å². The molecule has 0 saturated heterocycles. The predicted octanol–water partition coefficient (Wildman–Crippen LogP) is 3.20. The standard InChI is InChI=1S/C15H10N2/c1-2-4-11-10(3-1)9-13-12(11)5-6-14-15(13)17-8-7-16-14/h1-8H,9H2. The molecule has 3 aromatic rings. The smallest absolute Gasteiger partial charge is 0.0928 e. The van der Waals surface area contributed by atoms with Crippen molar-refractivity contribution in [3.05, 3.63) is 59.9 Å². The minimum atomic E-state index is 0.974. The van der Waals surface area contributed by atoms with Gasteiger partial charge in [-0.3, -0.25) is 9.97 Å². The van der Waals surface area contributed by atoms with E-state index >= 15 is 0 Å². The van der Waals surface area contributed by atoms with Crippen molar-refractivity contribution in [3.63, 3.8) is 0 Å². The Kier molecular flexibility index (Phi) is 1.64. The highest BCUT2D eigenvalue weighted by atomic mass is 14.8. The number of rotatable bonds is 0. The van der Waals surface area contributed by atoms with E-state index in [0.717, 1.165) is 17.5 Å². The lowest BCUT2D eigenvalue weighted by Gasteiger charge is -2.03. The van der Waals surface area contributed by atoms with Crippen LogP contribution < -0.4 is 0 Å². The molecule has 2 aromatic carbocycles. The van der Waals surface area contributed by atoms with Crippen molar-refractivity contribution in [2.45, 2.75) is 6.42 Å². The van der Waals surface area contributed by atoms with Gasteiger partial charge in [-0.1, -0.05) is 30.3 Å². The summed E-state index contributed by atoms with van der Waals surface area (Å²) in [6.45, 7) is 0. The molecule has 1 aliphatic rings. The maximum absolute atomic E-state index is 4.47. The first-order valence-electron chi connectivity index (χ1n) is 5.74. The number of aromatic nitrogens is 2. The Morgan fingerprint density at radius 2 is 1.71 bits per heavy atom. The Bertz CT molecular complexity index is 732. The first-order valence-corrected chi connectivity index (χ1v) is 5.74. The number of hydrogen-bond donors (Lipinski definition) is 0. The molecular weight excluding hydrogens is 208 g/mol. The molecule has 2 nitrogen and oxygen atoms in total. The minimum absolute atomic E-state index is 0.974. The average Bonchev–Trinajstić information content (AvgIpc) is 2.78. The third-order valence-corrected chi connectivity index (χ3v) is 3.42. The average molecular weight is 218 g/mol. The van der Waals surface area contributed by atoms with Gasteiger partial charge in [-0.05, 0) is 28.3 Å². The lowest BCUT2D eigenvalue weighted by molar-refractivity contribution is 1.23. The molecule has 1 aliphatic carbocycles. The van der Waals surface area contributed by atoms with Crippen molar-refractivity contribution in [3.8, 4) is 11.1 Å². The molecule has 0 bridgehead atoms. The second-order valence-corrected chi connectivity index (χ2v) is 4.35. The lowest BCUT2D eigenvalue weighted by atomic mass is 10.1. The molecule has 80 valence electrons. The van der Waals surface area contributed by atoms with Crippen LogP contribution in [0.25, 0.3) is 22.2 Å². The van der Waals surface area contributed by atoms with E-state index < -0.39 is 0 Å². The van der Waals surface area contributed by atoms with E-state index in [1.165, 1.54) is 22.3 Å². The molecule has 1 heterocycles. The molecule has 0 saturated carbocycles. The van der Waals surface area contributed by atoms with Crippen molar-refractivity contribution in [1.29, 1.82) is 0 Å². The summed E-state index contributed by atoms with van der Waals surface area (Å²) in [6, 6.07) is 12.8. The number of fused-ring (bicyclic) bond motifs is 5. The van der Waals surface area contributed by atoms with Crippen LogP contribution in [0.1, 0.15) is 11.1 Å². The molecule has 0 unspecified atom stereocenters. The summed E-state index contributed by atoms with van der Waals surface area (Å²) in [4.78, 5) is 8.83. The predicted molar refractivity (Wildman–Crippen MR) is 67.8 cm³/mol. The highest BCUT2D eigenvalue weighted by molar-refractivity contribution is 5.90. The van der Waals surface area contributed by atoms with E-state index in [4.69, 9.17) is 0 Å². The number of hydrogen-bond acceptors (Lipinski definition) is 2. The van der Waals surface area contributed by atoms with Gasteiger partial charge in [-0.15, -0.1) is 0 Å². The van der Waals surface area contributed by atoms with E-state index in [9.17, 15) is 0 Å². The molecular formula is C15H10N2. The minimum Gasteiger partial charge on any atom is -0.253 e. The topological polar surface area (TPSA) is 25.8 Å². The molecule has 0 fully saturated rings. The Balaban J connectivity index is 2.11. The third kappa shape index (κ3) is 1.15. The van der Waals surface area contributed by atoms with Crippen LogP contribution in [0.2, 0.25) is 0 Å². The summed E-state index contributed by atoms with van der Waals surface area (Å²) < 4.78 is 0. The highest BCUT2D eigenvalue weighted by Crippen LogP contribution is 2.38.